The third-order valence-corrected chi connectivity index (χ3v) is 6.64. The highest BCUT2D eigenvalue weighted by Crippen LogP contribution is 2.44. The molecule has 31 heavy (non-hydrogen) atoms. The first-order valence-electron chi connectivity index (χ1n) is 10.9. The number of carbonyl (C=O) groups excluding carboxylic acids is 1. The van der Waals surface area contributed by atoms with Gasteiger partial charge in [-0.1, -0.05) is 29.8 Å². The monoisotopic (exact) mass is 416 g/mol. The van der Waals surface area contributed by atoms with E-state index in [2.05, 4.69) is 52.2 Å². The third kappa shape index (κ3) is 3.34. The molecular weight excluding hydrogens is 388 g/mol. The number of urea groups is 1. The van der Waals surface area contributed by atoms with Gasteiger partial charge in [-0.2, -0.15) is 5.10 Å². The van der Waals surface area contributed by atoms with Crippen LogP contribution in [-0.4, -0.2) is 45.3 Å². The van der Waals surface area contributed by atoms with E-state index in [1.165, 1.54) is 11.3 Å². The summed E-state index contributed by atoms with van der Waals surface area (Å²) >= 11 is 0. The normalized spacial score (nSPS) is 19.7. The minimum Gasteiger partial charge on any atom is -0.383 e. The zero-order valence-corrected chi connectivity index (χ0v) is 18.1. The van der Waals surface area contributed by atoms with Gasteiger partial charge in [0.25, 0.3) is 0 Å². The van der Waals surface area contributed by atoms with Crippen LogP contribution in [-0.2, 0) is 12.0 Å². The Hall–Kier alpha value is -3.35. The number of nitrogens with two attached hydrogens (primary N) is 1. The van der Waals surface area contributed by atoms with Crippen LogP contribution in [0.5, 0.6) is 0 Å². The molecule has 1 spiro atoms. The number of nitrogens with zero attached hydrogens (tertiary/aromatic N) is 4. The molecule has 0 saturated carbocycles. The van der Waals surface area contributed by atoms with E-state index in [-0.39, 0.29) is 11.4 Å². The number of hydrogen-bond acceptors (Lipinski definition) is 4. The van der Waals surface area contributed by atoms with Gasteiger partial charge in [0.15, 0.2) is 0 Å². The van der Waals surface area contributed by atoms with Crippen molar-refractivity contribution in [2.75, 3.05) is 25.4 Å². The first kappa shape index (κ1) is 19.6. The third-order valence-electron chi connectivity index (χ3n) is 6.64. The maximum Gasteiger partial charge on any atom is 0.317 e. The minimum absolute atomic E-state index is 0.00304. The fourth-order valence-corrected chi connectivity index (χ4v) is 4.98. The van der Waals surface area contributed by atoms with Crippen LogP contribution < -0.4 is 11.1 Å². The molecule has 1 atom stereocenters. The Morgan fingerprint density at radius 1 is 1.19 bits per heavy atom. The molecule has 160 valence electrons. The number of likely N-dealkylation sites (tertiary alicyclic amines) is 1. The Kier molecular flexibility index (Phi) is 4.68. The van der Waals surface area contributed by atoms with Gasteiger partial charge in [-0.25, -0.2) is 9.78 Å². The smallest absolute Gasteiger partial charge is 0.317 e. The van der Waals surface area contributed by atoms with E-state index in [1.54, 1.807) is 6.20 Å². The van der Waals surface area contributed by atoms with Crippen molar-refractivity contribution in [3.05, 3.63) is 53.9 Å². The van der Waals surface area contributed by atoms with E-state index < -0.39 is 0 Å². The van der Waals surface area contributed by atoms with Crippen LogP contribution in [0.25, 0.3) is 22.4 Å². The number of carbonyl (C=O) groups is 1. The van der Waals surface area contributed by atoms with Crippen molar-refractivity contribution >= 4 is 11.8 Å². The van der Waals surface area contributed by atoms with Gasteiger partial charge < -0.3 is 16.0 Å². The molecule has 3 aromatic rings. The van der Waals surface area contributed by atoms with Gasteiger partial charge in [0, 0.05) is 54.6 Å². The highest BCUT2D eigenvalue weighted by Gasteiger charge is 2.46. The Labute approximate surface area is 182 Å². The van der Waals surface area contributed by atoms with Gasteiger partial charge in [-0.05, 0) is 44.4 Å². The van der Waals surface area contributed by atoms with Crippen LogP contribution in [0.1, 0.15) is 31.0 Å². The summed E-state index contributed by atoms with van der Waals surface area (Å²) in [5.41, 5.74) is 12.5. The largest absolute Gasteiger partial charge is 0.383 e. The highest BCUT2D eigenvalue weighted by atomic mass is 16.2. The standard InChI is InChI=1S/C24H28N6O/c1-3-26-23(31)29-9-7-24(15-29)8-10-30-21(24)13-20(28-30)18-12-19(22(25)27-14-18)17-6-4-5-16(2)11-17/h4-6,11-14H,3,7-10,15H2,1-2H3,(H2,25,27)(H,26,31). The van der Waals surface area contributed by atoms with Crippen molar-refractivity contribution in [2.45, 2.75) is 38.6 Å². The number of aryl methyl sites for hydroxylation is 2. The van der Waals surface area contributed by atoms with E-state index in [0.717, 1.165) is 54.9 Å². The second-order valence-electron chi connectivity index (χ2n) is 8.70. The molecule has 7 heteroatoms. The minimum atomic E-state index is -0.00304. The molecule has 1 aromatic carbocycles. The van der Waals surface area contributed by atoms with Gasteiger partial charge >= 0.3 is 6.03 Å². The second-order valence-corrected chi connectivity index (χ2v) is 8.70. The SMILES string of the molecule is CCNC(=O)N1CCC2(CCn3nc(-c4cnc(N)c(-c5cccc(C)c5)c4)cc32)C1. The van der Waals surface area contributed by atoms with Crippen molar-refractivity contribution in [3.8, 4) is 22.4 Å². The number of amides is 2. The lowest BCUT2D eigenvalue weighted by Crippen LogP contribution is -2.40. The fourth-order valence-electron chi connectivity index (χ4n) is 4.98. The Morgan fingerprint density at radius 3 is 2.84 bits per heavy atom. The molecule has 0 aliphatic carbocycles. The van der Waals surface area contributed by atoms with E-state index >= 15 is 0 Å². The Balaban J connectivity index is 1.47. The van der Waals surface area contributed by atoms with Crippen LogP contribution in [0.2, 0.25) is 0 Å². The highest BCUT2D eigenvalue weighted by molar-refractivity contribution is 5.79. The van der Waals surface area contributed by atoms with Crippen LogP contribution in [0.4, 0.5) is 10.6 Å². The summed E-state index contributed by atoms with van der Waals surface area (Å²) in [6.45, 7) is 7.09. The van der Waals surface area contributed by atoms with Crippen molar-refractivity contribution in [1.29, 1.82) is 0 Å². The van der Waals surface area contributed by atoms with Crippen molar-refractivity contribution in [2.24, 2.45) is 0 Å². The molecular formula is C24H28N6O. The lowest BCUT2D eigenvalue weighted by molar-refractivity contribution is 0.206. The molecule has 1 saturated heterocycles. The van der Waals surface area contributed by atoms with Crippen LogP contribution in [0.3, 0.4) is 0 Å². The summed E-state index contributed by atoms with van der Waals surface area (Å²) in [6.07, 6.45) is 3.80. The maximum atomic E-state index is 12.3. The van der Waals surface area contributed by atoms with E-state index in [0.29, 0.717) is 12.4 Å². The van der Waals surface area contributed by atoms with E-state index in [9.17, 15) is 4.79 Å². The number of rotatable bonds is 3. The Bertz CT molecular complexity index is 1150. The summed E-state index contributed by atoms with van der Waals surface area (Å²) in [7, 11) is 0. The number of pyridine rings is 1. The molecule has 0 bridgehead atoms. The molecule has 1 unspecified atom stereocenters. The van der Waals surface area contributed by atoms with Gasteiger partial charge in [0.2, 0.25) is 0 Å². The summed E-state index contributed by atoms with van der Waals surface area (Å²) in [6, 6.07) is 12.6. The Morgan fingerprint density at radius 2 is 2.03 bits per heavy atom. The molecule has 2 aliphatic rings. The number of benzene rings is 1. The quantitative estimate of drug-likeness (QED) is 0.683. The number of nitrogens with one attached hydrogen (secondary N) is 1. The van der Waals surface area contributed by atoms with Gasteiger partial charge in [0.05, 0.1) is 5.69 Å². The van der Waals surface area contributed by atoms with Crippen LogP contribution in [0, 0.1) is 6.92 Å². The van der Waals surface area contributed by atoms with Crippen molar-refractivity contribution in [3.63, 3.8) is 0 Å². The maximum absolute atomic E-state index is 12.3. The average Bonchev–Trinajstić information content (AvgIpc) is 3.46. The summed E-state index contributed by atoms with van der Waals surface area (Å²) in [5, 5.41) is 7.81. The first-order valence-corrected chi connectivity index (χ1v) is 10.9. The molecule has 2 amide bonds. The average molecular weight is 417 g/mol. The number of hydrogen-bond donors (Lipinski definition) is 2. The summed E-state index contributed by atoms with van der Waals surface area (Å²) in [5.74, 6) is 0.519. The number of anilines is 1. The zero-order valence-electron chi connectivity index (χ0n) is 18.1. The summed E-state index contributed by atoms with van der Waals surface area (Å²) in [4.78, 5) is 18.7. The predicted octanol–water partition coefficient (Wildman–Crippen LogP) is 3.58. The van der Waals surface area contributed by atoms with Gasteiger partial charge in [-0.15, -0.1) is 0 Å². The lowest BCUT2D eigenvalue weighted by atomic mass is 9.82. The van der Waals surface area contributed by atoms with Gasteiger partial charge in [-0.3, -0.25) is 4.68 Å². The number of nitrogen functional groups attached to an aromatic ring is 1. The van der Waals surface area contributed by atoms with Crippen molar-refractivity contribution in [1.82, 2.24) is 25.0 Å². The van der Waals surface area contributed by atoms with Crippen LogP contribution in [0.15, 0.2) is 42.6 Å². The molecule has 2 aromatic heterocycles. The molecule has 7 nitrogen and oxygen atoms in total. The molecule has 2 aliphatic heterocycles. The van der Waals surface area contributed by atoms with Crippen LogP contribution >= 0.6 is 0 Å². The topological polar surface area (TPSA) is 89.1 Å². The number of aromatic nitrogens is 3. The summed E-state index contributed by atoms with van der Waals surface area (Å²) < 4.78 is 2.11. The molecule has 3 N–H and O–H groups in total. The zero-order chi connectivity index (χ0) is 21.6. The van der Waals surface area contributed by atoms with Crippen molar-refractivity contribution < 1.29 is 4.79 Å². The van der Waals surface area contributed by atoms with E-state index in [4.69, 9.17) is 10.8 Å². The lowest BCUT2D eigenvalue weighted by Gasteiger charge is -2.23. The number of fused-ring (bicyclic) bond motifs is 2. The predicted molar refractivity (Wildman–Crippen MR) is 122 cm³/mol. The second kappa shape index (κ2) is 7.41. The molecule has 5 rings (SSSR count). The van der Waals surface area contributed by atoms with Gasteiger partial charge in [0.1, 0.15) is 5.82 Å². The molecule has 4 heterocycles. The fraction of sp³-hybridized carbons (Fsp3) is 0.375. The first-order chi connectivity index (χ1) is 15.0. The van der Waals surface area contributed by atoms with E-state index in [1.807, 2.05) is 17.9 Å². The molecule has 0 radical (unpaired) electrons. The molecule has 1 fully saturated rings.